The Balaban J connectivity index is 1.43. The summed E-state index contributed by atoms with van der Waals surface area (Å²) < 4.78 is 28.7. The van der Waals surface area contributed by atoms with Crippen LogP contribution in [-0.4, -0.2) is 36.2 Å². The van der Waals surface area contributed by atoms with Gasteiger partial charge in [0.2, 0.25) is 5.91 Å². The highest BCUT2D eigenvalue weighted by atomic mass is 32.2. The molecule has 158 valence electrons. The third-order valence-electron chi connectivity index (χ3n) is 5.27. The third-order valence-corrected chi connectivity index (χ3v) is 9.62. The van der Waals surface area contributed by atoms with Gasteiger partial charge in [0.1, 0.15) is 15.3 Å². The van der Waals surface area contributed by atoms with Crippen molar-refractivity contribution >= 4 is 54.5 Å². The summed E-state index contributed by atoms with van der Waals surface area (Å²) in [5.74, 6) is -0.314. The van der Waals surface area contributed by atoms with Gasteiger partial charge < -0.3 is 5.32 Å². The normalized spacial score (nSPS) is 17.2. The molecule has 1 N–H and O–H groups in total. The van der Waals surface area contributed by atoms with Crippen molar-refractivity contribution in [2.24, 2.45) is 0 Å². The minimum atomic E-state index is -3.68. The fourth-order valence-electron chi connectivity index (χ4n) is 3.80. The molecule has 1 amide bonds. The number of para-hydroxylation sites is 2. The fraction of sp³-hybridized carbons (Fsp3) is 0.182. The second-order valence-electron chi connectivity index (χ2n) is 7.23. The van der Waals surface area contributed by atoms with Crippen molar-refractivity contribution in [2.75, 3.05) is 11.9 Å². The summed E-state index contributed by atoms with van der Waals surface area (Å²) in [7, 11) is -3.68. The van der Waals surface area contributed by atoms with Gasteiger partial charge in [-0.2, -0.15) is 4.31 Å². The molecule has 1 aliphatic rings. The Kier molecular flexibility index (Phi) is 5.35. The Bertz CT molecular complexity index is 1310. The minimum absolute atomic E-state index is 0.266. The second-order valence-corrected chi connectivity index (χ2v) is 11.3. The molecule has 1 atom stereocenters. The van der Waals surface area contributed by atoms with Gasteiger partial charge in [-0.1, -0.05) is 30.3 Å². The van der Waals surface area contributed by atoms with Gasteiger partial charge >= 0.3 is 0 Å². The van der Waals surface area contributed by atoms with Crippen molar-refractivity contribution in [1.82, 2.24) is 9.29 Å². The lowest BCUT2D eigenvalue weighted by molar-refractivity contribution is -0.119. The maximum Gasteiger partial charge on any atom is 0.253 e. The van der Waals surface area contributed by atoms with E-state index in [1.165, 1.54) is 15.6 Å². The summed E-state index contributed by atoms with van der Waals surface area (Å²) in [5.41, 5.74) is 2.36. The molecule has 3 heterocycles. The molecule has 31 heavy (non-hydrogen) atoms. The van der Waals surface area contributed by atoms with Crippen LogP contribution < -0.4 is 5.32 Å². The zero-order valence-corrected chi connectivity index (χ0v) is 18.8. The Hall–Kier alpha value is -2.59. The summed E-state index contributed by atoms with van der Waals surface area (Å²) in [5, 5.41) is 5.51. The van der Waals surface area contributed by atoms with Crippen LogP contribution in [0.3, 0.4) is 0 Å². The molecule has 0 radical (unpaired) electrons. The van der Waals surface area contributed by atoms with Crippen molar-refractivity contribution in [1.29, 1.82) is 0 Å². The molecule has 1 fully saturated rings. The number of nitrogens with one attached hydrogen (secondary N) is 1. The Morgan fingerprint density at radius 2 is 1.87 bits per heavy atom. The van der Waals surface area contributed by atoms with Crippen molar-refractivity contribution < 1.29 is 13.2 Å². The molecule has 1 saturated heterocycles. The molecule has 0 spiro atoms. The number of anilines is 1. The largest absolute Gasteiger partial charge is 0.324 e. The van der Waals surface area contributed by atoms with E-state index in [4.69, 9.17) is 4.98 Å². The predicted octanol–water partition coefficient (Wildman–Crippen LogP) is 4.82. The maximum atomic E-state index is 13.2. The van der Waals surface area contributed by atoms with Crippen LogP contribution in [0, 0.1) is 0 Å². The monoisotopic (exact) mass is 469 g/mol. The first-order valence-electron chi connectivity index (χ1n) is 9.85. The van der Waals surface area contributed by atoms with Gasteiger partial charge in [-0.05, 0) is 48.6 Å². The lowest BCUT2D eigenvalue weighted by Gasteiger charge is -2.23. The number of rotatable bonds is 5. The molecule has 5 rings (SSSR count). The molecular formula is C22H19N3O3S3. The van der Waals surface area contributed by atoms with Crippen LogP contribution in [0.25, 0.3) is 20.8 Å². The highest BCUT2D eigenvalue weighted by molar-refractivity contribution is 7.91. The number of benzene rings is 2. The smallest absolute Gasteiger partial charge is 0.253 e. The number of amides is 1. The molecule has 0 saturated carbocycles. The summed E-state index contributed by atoms with van der Waals surface area (Å²) in [6.07, 6.45) is 1.15. The number of carbonyl (C=O) groups is 1. The van der Waals surface area contributed by atoms with E-state index in [9.17, 15) is 13.2 Å². The molecule has 2 aromatic heterocycles. The quantitative estimate of drug-likeness (QED) is 0.455. The molecular weight excluding hydrogens is 450 g/mol. The van der Waals surface area contributed by atoms with Crippen molar-refractivity contribution in [2.45, 2.75) is 23.1 Å². The number of hydrogen-bond acceptors (Lipinski definition) is 6. The van der Waals surface area contributed by atoms with Gasteiger partial charge in [-0.3, -0.25) is 4.79 Å². The molecule has 1 unspecified atom stereocenters. The van der Waals surface area contributed by atoms with Crippen LogP contribution in [0.4, 0.5) is 5.69 Å². The highest BCUT2D eigenvalue weighted by Crippen LogP contribution is 2.35. The Morgan fingerprint density at radius 1 is 1.06 bits per heavy atom. The SMILES string of the molecule is O=C(Nc1ccccc1-c1nc2ccccc2s1)C1CCCN1S(=O)(=O)c1cccs1. The van der Waals surface area contributed by atoms with Gasteiger partial charge in [0.25, 0.3) is 10.0 Å². The lowest BCUT2D eigenvalue weighted by atomic mass is 10.1. The van der Waals surface area contributed by atoms with Crippen LogP contribution in [-0.2, 0) is 14.8 Å². The number of thiophene rings is 1. The molecule has 0 aliphatic carbocycles. The van der Waals surface area contributed by atoms with E-state index in [0.717, 1.165) is 20.8 Å². The van der Waals surface area contributed by atoms with Crippen molar-refractivity contribution in [3.63, 3.8) is 0 Å². The summed E-state index contributed by atoms with van der Waals surface area (Å²) >= 11 is 2.73. The molecule has 6 nitrogen and oxygen atoms in total. The Labute approximate surface area is 188 Å². The number of nitrogens with zero attached hydrogens (tertiary/aromatic N) is 2. The molecule has 0 bridgehead atoms. The van der Waals surface area contributed by atoms with E-state index in [0.29, 0.717) is 25.1 Å². The highest BCUT2D eigenvalue weighted by Gasteiger charge is 2.40. The predicted molar refractivity (Wildman–Crippen MR) is 125 cm³/mol. The average Bonchev–Trinajstić information content (AvgIpc) is 3.54. The molecule has 9 heteroatoms. The van der Waals surface area contributed by atoms with E-state index >= 15 is 0 Å². The fourth-order valence-corrected chi connectivity index (χ4v) is 7.58. The van der Waals surface area contributed by atoms with E-state index in [2.05, 4.69) is 5.32 Å². The van der Waals surface area contributed by atoms with Gasteiger partial charge in [0.05, 0.1) is 15.9 Å². The van der Waals surface area contributed by atoms with Crippen LogP contribution in [0.2, 0.25) is 0 Å². The first-order chi connectivity index (χ1) is 15.0. The number of thiazole rings is 1. The molecule has 4 aromatic rings. The summed E-state index contributed by atoms with van der Waals surface area (Å²) in [4.78, 5) is 17.9. The lowest BCUT2D eigenvalue weighted by Crippen LogP contribution is -2.42. The number of fused-ring (bicyclic) bond motifs is 1. The standard InChI is InChI=1S/C22H19N3O3S3/c26-21(18-10-5-13-25(18)31(27,28)20-12-6-14-29-20)23-16-8-2-1-7-15(16)22-24-17-9-3-4-11-19(17)30-22/h1-4,6-9,11-12,14,18H,5,10,13H2,(H,23,26). The van der Waals surface area contributed by atoms with Crippen molar-refractivity contribution in [3.05, 3.63) is 66.0 Å². The molecule has 2 aromatic carbocycles. The summed E-state index contributed by atoms with van der Waals surface area (Å²) in [6.45, 7) is 0.345. The number of aromatic nitrogens is 1. The van der Waals surface area contributed by atoms with Crippen LogP contribution >= 0.6 is 22.7 Å². The van der Waals surface area contributed by atoms with Crippen molar-refractivity contribution in [3.8, 4) is 10.6 Å². The zero-order chi connectivity index (χ0) is 21.4. The molecule has 1 aliphatic heterocycles. The Morgan fingerprint density at radius 3 is 2.68 bits per heavy atom. The topological polar surface area (TPSA) is 79.4 Å². The van der Waals surface area contributed by atoms with Gasteiger partial charge in [-0.15, -0.1) is 22.7 Å². The van der Waals surface area contributed by atoms with E-state index in [-0.39, 0.29) is 10.1 Å². The third kappa shape index (κ3) is 3.78. The minimum Gasteiger partial charge on any atom is -0.324 e. The maximum absolute atomic E-state index is 13.2. The van der Waals surface area contributed by atoms with Gasteiger partial charge in [0.15, 0.2) is 0 Å². The first kappa shape index (κ1) is 20.3. The zero-order valence-electron chi connectivity index (χ0n) is 16.4. The average molecular weight is 470 g/mol. The van der Waals surface area contributed by atoms with E-state index in [1.807, 2.05) is 48.5 Å². The first-order valence-corrected chi connectivity index (χ1v) is 13.0. The van der Waals surface area contributed by atoms with E-state index in [1.54, 1.807) is 28.8 Å². The number of carbonyl (C=O) groups excluding carboxylic acids is 1. The van der Waals surface area contributed by atoms with Gasteiger partial charge in [-0.25, -0.2) is 13.4 Å². The van der Waals surface area contributed by atoms with Crippen LogP contribution in [0.5, 0.6) is 0 Å². The number of sulfonamides is 1. The van der Waals surface area contributed by atoms with E-state index < -0.39 is 16.1 Å². The number of hydrogen-bond donors (Lipinski definition) is 1. The van der Waals surface area contributed by atoms with Crippen LogP contribution in [0.15, 0.2) is 70.3 Å². The summed E-state index contributed by atoms with van der Waals surface area (Å²) in [6, 6.07) is 18.0. The van der Waals surface area contributed by atoms with Gasteiger partial charge in [0, 0.05) is 12.1 Å². The van der Waals surface area contributed by atoms with Crippen LogP contribution in [0.1, 0.15) is 12.8 Å². The second kappa shape index (κ2) is 8.16.